The zero-order chi connectivity index (χ0) is 15.3. The molecular formula is C19H31S2. The molecule has 0 saturated heterocycles. The predicted octanol–water partition coefficient (Wildman–Crippen LogP) is 7.02. The smallest absolute Gasteiger partial charge is 0.0115 e. The minimum Gasteiger partial charge on any atom is -0.126 e. The SMILES string of the molecule is [CH2]CCc1c(SCCCCC)cccc1SCCCCC. The van der Waals surface area contributed by atoms with Gasteiger partial charge in [-0.25, -0.2) is 0 Å². The highest BCUT2D eigenvalue weighted by molar-refractivity contribution is 8.00. The molecule has 0 N–H and O–H groups in total. The Kier molecular flexibility index (Phi) is 11.3. The van der Waals surface area contributed by atoms with Crippen molar-refractivity contribution in [2.24, 2.45) is 0 Å². The van der Waals surface area contributed by atoms with E-state index in [0.29, 0.717) is 0 Å². The average molecular weight is 324 g/mol. The molecule has 0 nitrogen and oxygen atoms in total. The first-order chi connectivity index (χ1) is 10.3. The van der Waals surface area contributed by atoms with E-state index in [0.717, 1.165) is 12.8 Å². The fraction of sp³-hybridized carbons (Fsp3) is 0.632. The van der Waals surface area contributed by atoms with Gasteiger partial charge < -0.3 is 0 Å². The van der Waals surface area contributed by atoms with Crippen molar-refractivity contribution in [3.63, 3.8) is 0 Å². The van der Waals surface area contributed by atoms with Gasteiger partial charge in [-0.05, 0) is 54.9 Å². The maximum absolute atomic E-state index is 4.06. The second-order valence-corrected chi connectivity index (χ2v) is 7.72. The Morgan fingerprint density at radius 2 is 1.38 bits per heavy atom. The maximum Gasteiger partial charge on any atom is 0.0115 e. The molecule has 1 rings (SSSR count). The largest absolute Gasteiger partial charge is 0.126 e. The van der Waals surface area contributed by atoms with E-state index in [2.05, 4.69) is 39.0 Å². The first-order valence-electron chi connectivity index (χ1n) is 8.50. The van der Waals surface area contributed by atoms with Gasteiger partial charge >= 0.3 is 0 Å². The summed E-state index contributed by atoms with van der Waals surface area (Å²) in [6.45, 7) is 8.60. The highest BCUT2D eigenvalue weighted by Gasteiger charge is 2.08. The molecule has 0 aromatic heterocycles. The summed E-state index contributed by atoms with van der Waals surface area (Å²) < 4.78 is 0. The number of thioether (sulfide) groups is 2. The number of rotatable bonds is 12. The van der Waals surface area contributed by atoms with Crippen LogP contribution in [0.15, 0.2) is 28.0 Å². The summed E-state index contributed by atoms with van der Waals surface area (Å²) in [6.07, 6.45) is 10.1. The third-order valence-electron chi connectivity index (χ3n) is 3.53. The molecule has 1 radical (unpaired) electrons. The lowest BCUT2D eigenvalue weighted by Gasteiger charge is -2.14. The summed E-state index contributed by atoms with van der Waals surface area (Å²) in [5.41, 5.74) is 1.55. The second kappa shape index (κ2) is 12.5. The topological polar surface area (TPSA) is 0 Å². The molecule has 1 aromatic rings. The molecule has 1 aromatic carbocycles. The van der Waals surface area contributed by atoms with Gasteiger partial charge in [0, 0.05) is 9.79 Å². The van der Waals surface area contributed by atoms with Crippen LogP contribution in [0.1, 0.15) is 64.4 Å². The van der Waals surface area contributed by atoms with Gasteiger partial charge in [0.2, 0.25) is 0 Å². The number of unbranched alkanes of at least 4 members (excludes halogenated alkanes) is 4. The van der Waals surface area contributed by atoms with Gasteiger partial charge in [0.25, 0.3) is 0 Å². The van der Waals surface area contributed by atoms with Crippen LogP contribution < -0.4 is 0 Å². The molecule has 0 aliphatic rings. The van der Waals surface area contributed by atoms with E-state index < -0.39 is 0 Å². The van der Waals surface area contributed by atoms with Crippen LogP contribution >= 0.6 is 23.5 Å². The van der Waals surface area contributed by atoms with Gasteiger partial charge in [-0.15, -0.1) is 23.5 Å². The van der Waals surface area contributed by atoms with Gasteiger partial charge in [-0.3, -0.25) is 0 Å². The van der Waals surface area contributed by atoms with Gasteiger partial charge in [0.15, 0.2) is 0 Å². The quantitative estimate of drug-likeness (QED) is 0.299. The molecule has 0 heterocycles. The summed E-state index contributed by atoms with van der Waals surface area (Å²) >= 11 is 4.09. The van der Waals surface area contributed by atoms with E-state index >= 15 is 0 Å². The molecule has 21 heavy (non-hydrogen) atoms. The molecular weight excluding hydrogens is 292 g/mol. The van der Waals surface area contributed by atoms with Crippen molar-refractivity contribution in [1.29, 1.82) is 0 Å². The van der Waals surface area contributed by atoms with Crippen LogP contribution in [0.4, 0.5) is 0 Å². The first kappa shape index (κ1) is 19.0. The van der Waals surface area contributed by atoms with Crippen LogP contribution in [0.25, 0.3) is 0 Å². The van der Waals surface area contributed by atoms with E-state index in [4.69, 9.17) is 0 Å². The van der Waals surface area contributed by atoms with Crippen LogP contribution in [0.2, 0.25) is 0 Å². The van der Waals surface area contributed by atoms with Crippen molar-refractivity contribution in [3.05, 3.63) is 30.7 Å². The average Bonchev–Trinajstić information content (AvgIpc) is 2.50. The molecule has 0 aliphatic carbocycles. The third kappa shape index (κ3) is 7.65. The maximum atomic E-state index is 4.06. The van der Waals surface area contributed by atoms with Crippen LogP contribution in [-0.4, -0.2) is 11.5 Å². The predicted molar refractivity (Wildman–Crippen MR) is 101 cm³/mol. The molecule has 0 spiro atoms. The lowest BCUT2D eigenvalue weighted by molar-refractivity contribution is 0.777. The number of benzene rings is 1. The Morgan fingerprint density at radius 1 is 0.857 bits per heavy atom. The Morgan fingerprint density at radius 3 is 1.81 bits per heavy atom. The monoisotopic (exact) mass is 323 g/mol. The van der Waals surface area contributed by atoms with Crippen LogP contribution in [0, 0.1) is 6.92 Å². The zero-order valence-electron chi connectivity index (χ0n) is 13.8. The van der Waals surface area contributed by atoms with E-state index in [-0.39, 0.29) is 0 Å². The van der Waals surface area contributed by atoms with E-state index in [1.165, 1.54) is 59.8 Å². The highest BCUT2D eigenvalue weighted by Crippen LogP contribution is 2.33. The summed E-state index contributed by atoms with van der Waals surface area (Å²) in [5.74, 6) is 2.50. The van der Waals surface area contributed by atoms with Gasteiger partial charge in [-0.2, -0.15) is 0 Å². The van der Waals surface area contributed by atoms with Crippen LogP contribution in [0.3, 0.4) is 0 Å². The van der Waals surface area contributed by atoms with E-state index in [1.807, 2.05) is 23.5 Å². The standard InChI is InChI=1S/C19H31S2/c1-4-7-9-15-20-18-13-11-14-19(17(18)12-6-3)21-16-10-8-5-2/h11,13-14H,3-10,12,15-16H2,1-2H3. The van der Waals surface area contributed by atoms with Crippen molar-refractivity contribution in [1.82, 2.24) is 0 Å². The fourth-order valence-electron chi connectivity index (χ4n) is 2.31. The van der Waals surface area contributed by atoms with E-state index in [9.17, 15) is 0 Å². The molecule has 0 atom stereocenters. The highest BCUT2D eigenvalue weighted by atomic mass is 32.2. The van der Waals surface area contributed by atoms with Crippen molar-refractivity contribution in [2.75, 3.05) is 11.5 Å². The molecule has 0 saturated carbocycles. The van der Waals surface area contributed by atoms with Crippen molar-refractivity contribution in [3.8, 4) is 0 Å². The summed E-state index contributed by atoms with van der Waals surface area (Å²) in [5, 5.41) is 0. The van der Waals surface area contributed by atoms with Gasteiger partial charge in [0.05, 0.1) is 0 Å². The molecule has 2 heteroatoms. The summed E-state index contributed by atoms with van der Waals surface area (Å²) in [4.78, 5) is 2.99. The van der Waals surface area contributed by atoms with Crippen molar-refractivity contribution in [2.45, 2.75) is 75.0 Å². The van der Waals surface area contributed by atoms with Crippen LogP contribution in [-0.2, 0) is 6.42 Å². The molecule has 0 amide bonds. The number of hydrogen-bond acceptors (Lipinski definition) is 2. The molecule has 0 aliphatic heterocycles. The van der Waals surface area contributed by atoms with Gasteiger partial charge in [-0.1, -0.05) is 52.5 Å². The summed E-state index contributed by atoms with van der Waals surface area (Å²) in [7, 11) is 0. The summed E-state index contributed by atoms with van der Waals surface area (Å²) in [6, 6.07) is 6.84. The minimum atomic E-state index is 0.995. The second-order valence-electron chi connectivity index (χ2n) is 5.45. The normalized spacial score (nSPS) is 11.0. The Bertz CT molecular complexity index is 344. The Labute approximate surface area is 140 Å². The number of hydrogen-bond donors (Lipinski definition) is 0. The van der Waals surface area contributed by atoms with Crippen molar-refractivity contribution < 1.29 is 0 Å². The van der Waals surface area contributed by atoms with Crippen LogP contribution in [0.5, 0.6) is 0 Å². The Balaban J connectivity index is 2.63. The molecule has 0 unspecified atom stereocenters. The Hall–Kier alpha value is -0.0800. The minimum absolute atomic E-state index is 0.995. The van der Waals surface area contributed by atoms with Crippen molar-refractivity contribution >= 4 is 23.5 Å². The lowest BCUT2D eigenvalue weighted by Crippen LogP contribution is -1.94. The third-order valence-corrected chi connectivity index (χ3v) is 5.90. The zero-order valence-corrected chi connectivity index (χ0v) is 15.5. The molecule has 119 valence electrons. The molecule has 0 fully saturated rings. The first-order valence-corrected chi connectivity index (χ1v) is 10.5. The fourth-order valence-corrected chi connectivity index (χ4v) is 4.63. The lowest BCUT2D eigenvalue weighted by atomic mass is 10.1. The van der Waals surface area contributed by atoms with E-state index in [1.54, 1.807) is 5.56 Å². The van der Waals surface area contributed by atoms with Gasteiger partial charge in [0.1, 0.15) is 0 Å². The molecule has 0 bridgehead atoms.